The zero-order chi connectivity index (χ0) is 21.9. The second kappa shape index (κ2) is 7.42. The van der Waals surface area contributed by atoms with E-state index in [1.807, 2.05) is 3.28 Å². The van der Waals surface area contributed by atoms with Crippen molar-refractivity contribution in [3.8, 4) is 0 Å². The van der Waals surface area contributed by atoms with Gasteiger partial charge in [-0.1, -0.05) is 0 Å². The van der Waals surface area contributed by atoms with E-state index in [0.29, 0.717) is 9.54 Å². The summed E-state index contributed by atoms with van der Waals surface area (Å²) in [6, 6.07) is 18.2. The summed E-state index contributed by atoms with van der Waals surface area (Å²) in [5.41, 5.74) is 12.1. The van der Waals surface area contributed by atoms with Crippen LogP contribution in [0.3, 0.4) is 0 Å². The first kappa shape index (κ1) is 22.0. The molecule has 30 heavy (non-hydrogen) atoms. The van der Waals surface area contributed by atoms with E-state index < -0.39 is 17.4 Å². The van der Waals surface area contributed by atoms with Gasteiger partial charge in [-0.2, -0.15) is 0 Å². The molecule has 2 atom stereocenters. The van der Waals surface area contributed by atoms with E-state index in [2.05, 4.69) is 105 Å². The van der Waals surface area contributed by atoms with Crippen LogP contribution in [0.5, 0.6) is 0 Å². The maximum absolute atomic E-state index is 3.32. The topological polar surface area (TPSA) is 0 Å². The SMILES string of the molecule is CCc1ccccc1C1=C[CH]([Zr]([CH3])([CH3])(=[SiH2])[C]2=C(C)C(C)=C(C)C2C)c2ccccc21. The number of fused-ring (bicyclic) bond motifs is 1. The first-order chi connectivity index (χ1) is 14.1. The van der Waals surface area contributed by atoms with Gasteiger partial charge >= 0.3 is 187 Å². The van der Waals surface area contributed by atoms with Crippen LogP contribution in [0, 0.1) is 5.92 Å². The first-order valence-corrected chi connectivity index (χ1v) is 24.9. The molecule has 0 spiro atoms. The third-order valence-electron chi connectivity index (χ3n) is 8.13. The zero-order valence-corrected chi connectivity index (χ0v) is 23.6. The first-order valence-electron chi connectivity index (χ1n) is 11.4. The van der Waals surface area contributed by atoms with Gasteiger partial charge in [-0.3, -0.25) is 0 Å². The van der Waals surface area contributed by atoms with Crippen molar-refractivity contribution in [2.75, 3.05) is 0 Å². The normalized spacial score (nSPS) is 21.9. The number of hydrogen-bond donors (Lipinski definition) is 0. The van der Waals surface area contributed by atoms with Gasteiger partial charge in [0.2, 0.25) is 0 Å². The molecule has 0 saturated heterocycles. The van der Waals surface area contributed by atoms with E-state index >= 15 is 0 Å². The van der Waals surface area contributed by atoms with Crippen molar-refractivity contribution in [3.05, 3.63) is 96.9 Å². The summed E-state index contributed by atoms with van der Waals surface area (Å²) in [6.45, 7) is 14.2. The predicted molar refractivity (Wildman–Crippen MR) is 133 cm³/mol. The summed E-state index contributed by atoms with van der Waals surface area (Å²) in [5, 5.41) is 0. The molecule has 0 aliphatic heterocycles. The Morgan fingerprint density at radius 3 is 2.07 bits per heavy atom. The standard InChI is InChI=1S/C17H15.C9H13.2CH3.H2Si.Zr/c1-2-13-7-3-5-9-15(13)17-12-11-14-8-4-6-10-16(14)17;1-6-5-7(2)9(4)8(6)3;;;;/h3-12H,2H2,1H3;6H,1-4H3;2*1H3;1H2;. The molecule has 4 rings (SSSR count). The molecule has 0 saturated carbocycles. The summed E-state index contributed by atoms with van der Waals surface area (Å²) in [7, 11) is 0. The third kappa shape index (κ3) is 3.18. The van der Waals surface area contributed by atoms with Crippen molar-refractivity contribution in [2.45, 2.75) is 53.9 Å². The Labute approximate surface area is 185 Å². The third-order valence-corrected chi connectivity index (χ3v) is 25.4. The number of aryl methyl sites for hydroxylation is 1. The molecule has 0 fully saturated rings. The van der Waals surface area contributed by atoms with Gasteiger partial charge in [0.25, 0.3) is 0 Å². The van der Waals surface area contributed by atoms with Crippen molar-refractivity contribution in [2.24, 2.45) is 5.92 Å². The van der Waals surface area contributed by atoms with Gasteiger partial charge in [0, 0.05) is 0 Å². The molecule has 0 heterocycles. The van der Waals surface area contributed by atoms with Crippen LogP contribution in [-0.2, 0) is 23.8 Å². The van der Waals surface area contributed by atoms with Crippen LogP contribution in [0.2, 0.25) is 9.26 Å². The van der Waals surface area contributed by atoms with Crippen LogP contribution in [0.1, 0.15) is 60.5 Å². The fraction of sp³-hybridized carbons (Fsp3) is 0.357. The molecular formula is C28H36SiZr. The quantitative estimate of drug-likeness (QED) is 0.393. The Balaban J connectivity index is 1.96. The molecule has 2 unspecified atom stereocenters. The number of benzene rings is 2. The summed E-state index contributed by atoms with van der Waals surface area (Å²) >= 11 is -3.32. The second-order valence-electron chi connectivity index (χ2n) is 10.5. The molecule has 2 aliphatic rings. The van der Waals surface area contributed by atoms with Crippen molar-refractivity contribution < 1.29 is 17.4 Å². The molecule has 0 bridgehead atoms. The summed E-state index contributed by atoms with van der Waals surface area (Å²) in [4.78, 5) is 0. The number of allylic oxidation sites excluding steroid dienone is 5. The Morgan fingerprint density at radius 2 is 1.47 bits per heavy atom. The number of hydrogen-bond acceptors (Lipinski definition) is 0. The molecule has 2 heteroatoms. The van der Waals surface area contributed by atoms with Gasteiger partial charge in [0.05, 0.1) is 0 Å². The van der Waals surface area contributed by atoms with Gasteiger partial charge in [-0.25, -0.2) is 0 Å². The van der Waals surface area contributed by atoms with E-state index in [4.69, 9.17) is 0 Å². The Kier molecular flexibility index (Phi) is 5.43. The predicted octanol–water partition coefficient (Wildman–Crippen LogP) is 7.33. The summed E-state index contributed by atoms with van der Waals surface area (Å²) < 4.78 is 7.79. The van der Waals surface area contributed by atoms with Gasteiger partial charge in [-0.15, -0.1) is 0 Å². The van der Waals surface area contributed by atoms with Crippen LogP contribution in [-0.4, -0.2) is 6.88 Å². The van der Waals surface area contributed by atoms with Crippen molar-refractivity contribution in [3.63, 3.8) is 0 Å². The molecule has 0 radical (unpaired) electrons. The summed E-state index contributed by atoms with van der Waals surface area (Å²) in [6.07, 6.45) is 3.75. The van der Waals surface area contributed by atoms with Crippen molar-refractivity contribution in [1.29, 1.82) is 0 Å². The maximum atomic E-state index is 2.70. The molecule has 156 valence electrons. The Bertz CT molecular complexity index is 1200. The van der Waals surface area contributed by atoms with Gasteiger partial charge in [0.15, 0.2) is 0 Å². The van der Waals surface area contributed by atoms with E-state index in [-0.39, 0.29) is 0 Å². The van der Waals surface area contributed by atoms with Crippen LogP contribution in [0.25, 0.3) is 5.57 Å². The van der Waals surface area contributed by atoms with E-state index in [9.17, 15) is 0 Å². The molecule has 0 aromatic heterocycles. The zero-order valence-electron chi connectivity index (χ0n) is 19.8. The van der Waals surface area contributed by atoms with E-state index in [1.54, 1.807) is 22.3 Å². The van der Waals surface area contributed by atoms with Gasteiger partial charge in [0.1, 0.15) is 0 Å². The van der Waals surface area contributed by atoms with Crippen molar-refractivity contribution in [1.82, 2.24) is 0 Å². The minimum absolute atomic E-state index is 0.562. The average molecular weight is 492 g/mol. The van der Waals surface area contributed by atoms with E-state index in [0.717, 1.165) is 6.42 Å². The van der Waals surface area contributed by atoms with Crippen LogP contribution >= 0.6 is 0 Å². The van der Waals surface area contributed by atoms with Crippen molar-refractivity contribution >= 4 is 12.5 Å². The summed E-state index contributed by atoms with van der Waals surface area (Å²) in [5.74, 6) is 0.593. The monoisotopic (exact) mass is 490 g/mol. The molecule has 2 aliphatic carbocycles. The molecule has 0 nitrogen and oxygen atoms in total. The fourth-order valence-corrected chi connectivity index (χ4v) is 24.8. The molecule has 2 aromatic carbocycles. The van der Waals surface area contributed by atoms with E-state index in [1.165, 1.54) is 22.3 Å². The van der Waals surface area contributed by atoms with Crippen LogP contribution in [0.4, 0.5) is 0 Å². The Hall–Kier alpha value is -1.24. The minimum atomic E-state index is -3.32. The van der Waals surface area contributed by atoms with Gasteiger partial charge in [-0.05, 0) is 0 Å². The number of rotatable bonds is 4. The van der Waals surface area contributed by atoms with Crippen LogP contribution < -0.4 is 0 Å². The molecule has 2 aromatic rings. The molecular weight excluding hydrogens is 456 g/mol. The molecule has 0 amide bonds. The molecule has 0 N–H and O–H groups in total. The second-order valence-corrected chi connectivity index (χ2v) is 40.1. The Morgan fingerprint density at radius 1 is 0.867 bits per heavy atom. The van der Waals surface area contributed by atoms with Gasteiger partial charge < -0.3 is 0 Å². The van der Waals surface area contributed by atoms with Crippen LogP contribution in [0.15, 0.2) is 74.6 Å². The fourth-order valence-electron chi connectivity index (χ4n) is 6.31. The average Bonchev–Trinajstić information content (AvgIpc) is 3.21.